The molecule has 3 saturated heterocycles. The van der Waals surface area contributed by atoms with Crippen LogP contribution in [0.4, 0.5) is 0 Å². The van der Waals surface area contributed by atoms with Gasteiger partial charge in [-0.3, -0.25) is 4.79 Å². The third-order valence-electron chi connectivity index (χ3n) is 19.0. The third-order valence-corrected chi connectivity index (χ3v) is 19.0. The minimum absolute atomic E-state index is 0.233. The van der Waals surface area contributed by atoms with Crippen LogP contribution in [0.3, 0.4) is 0 Å². The van der Waals surface area contributed by atoms with Crippen molar-refractivity contribution in [2.24, 2.45) is 0 Å². The first-order chi connectivity index (χ1) is 46.8. The molecule has 3 aliphatic heterocycles. The standard InChI is InChI=1S/C77H139NO18/c1-3-5-7-9-11-13-15-17-19-21-23-24-25-26-27-28-29-30-31-32-33-34-35-36-37-39-41-43-45-47-49-51-53-55-65(83)78-60(61(82)54-52-50-48-46-44-42-40-38-22-20-18-16-14-12-10-8-6-4-2)59-91-75-71(89)68(86)73(63(57-80)93-75)96-77-72(90)69(87)74(64(58-81)94-77)95-76-70(88)67(85)66(84)62(56-79)92-76/h15,17,21-23,38,44,46,52,54,60-64,66-77,79-82,84-90H,3-14,16,18-20,24-37,39-43,45,47-51,53,55-59H2,1-2H3,(H,78,83)/b17-15-,23-21-,38-22+,46-44+,54-52+. The highest BCUT2D eigenvalue weighted by molar-refractivity contribution is 5.76. The molecular formula is C77H139NO18. The Labute approximate surface area is 579 Å². The highest BCUT2D eigenvalue weighted by atomic mass is 16.8. The van der Waals surface area contributed by atoms with E-state index in [4.69, 9.17) is 28.4 Å². The average Bonchev–Trinajstić information content (AvgIpc) is 0.787. The molecule has 0 aromatic rings. The molecule has 17 atom stereocenters. The minimum atomic E-state index is -1.98. The molecule has 3 fully saturated rings. The van der Waals surface area contributed by atoms with Gasteiger partial charge in [0.05, 0.1) is 38.6 Å². The van der Waals surface area contributed by atoms with Crippen LogP contribution < -0.4 is 5.32 Å². The van der Waals surface area contributed by atoms with E-state index in [9.17, 15) is 61.0 Å². The number of hydrogen-bond acceptors (Lipinski definition) is 18. The number of ether oxygens (including phenoxy) is 6. The molecule has 96 heavy (non-hydrogen) atoms. The fourth-order valence-corrected chi connectivity index (χ4v) is 12.8. The number of unbranched alkanes of at least 4 members (excludes halogenated alkanes) is 36. The van der Waals surface area contributed by atoms with Crippen LogP contribution in [0, 0.1) is 0 Å². The minimum Gasteiger partial charge on any atom is -0.394 e. The van der Waals surface area contributed by atoms with Gasteiger partial charge in [-0.25, -0.2) is 0 Å². The number of carbonyl (C=O) groups is 1. The van der Waals surface area contributed by atoms with Crippen LogP contribution in [0.5, 0.6) is 0 Å². The first kappa shape index (κ1) is 87.7. The number of carbonyl (C=O) groups excluding carboxylic acids is 1. The normalized spacial score (nSPS) is 27.4. The molecule has 3 rings (SSSR count). The van der Waals surface area contributed by atoms with Gasteiger partial charge in [0.1, 0.15) is 73.2 Å². The van der Waals surface area contributed by atoms with E-state index in [1.165, 1.54) is 205 Å². The molecule has 560 valence electrons. The smallest absolute Gasteiger partial charge is 0.220 e. The molecule has 0 aromatic carbocycles. The van der Waals surface area contributed by atoms with Gasteiger partial charge in [-0.2, -0.15) is 0 Å². The highest BCUT2D eigenvalue weighted by Gasteiger charge is 2.53. The van der Waals surface area contributed by atoms with Gasteiger partial charge >= 0.3 is 0 Å². The molecule has 19 nitrogen and oxygen atoms in total. The average molecular weight is 1370 g/mol. The van der Waals surface area contributed by atoms with Gasteiger partial charge in [0, 0.05) is 6.42 Å². The fraction of sp³-hybridized carbons (Fsp3) is 0.857. The Kier molecular flexibility index (Phi) is 53.0. The van der Waals surface area contributed by atoms with Gasteiger partial charge in [-0.1, -0.05) is 267 Å². The number of aliphatic hydroxyl groups is 11. The second-order valence-corrected chi connectivity index (χ2v) is 27.4. The van der Waals surface area contributed by atoms with Crippen molar-refractivity contribution in [2.45, 2.75) is 394 Å². The van der Waals surface area contributed by atoms with E-state index in [1.54, 1.807) is 6.08 Å². The summed E-state index contributed by atoms with van der Waals surface area (Å²) in [6.07, 6.45) is 46.4. The SMILES string of the molecule is CCCCCCC/C=C\C/C=C\CCCCCCCCCCCCCCCCCCCCCCCC(=O)NC(COC1OC(CO)C(OC2OC(CO)C(OC3OC(CO)C(O)C(O)C3O)C(O)C2O)C(O)C1O)C(O)/C=C/CC/C=C/CC/C=C/CCCCCCCCCC. The summed E-state index contributed by atoms with van der Waals surface area (Å²) in [6.45, 7) is 1.71. The van der Waals surface area contributed by atoms with E-state index in [0.717, 1.165) is 51.4 Å². The lowest BCUT2D eigenvalue weighted by atomic mass is 9.96. The van der Waals surface area contributed by atoms with Gasteiger partial charge in [-0.05, 0) is 77.0 Å². The summed E-state index contributed by atoms with van der Waals surface area (Å²) in [4.78, 5) is 13.4. The number of allylic oxidation sites excluding steroid dienone is 9. The Bertz CT molecular complexity index is 1970. The largest absolute Gasteiger partial charge is 0.394 e. The van der Waals surface area contributed by atoms with Gasteiger partial charge in [0.2, 0.25) is 5.91 Å². The van der Waals surface area contributed by atoms with E-state index < -0.39 is 124 Å². The van der Waals surface area contributed by atoms with Crippen LogP contribution >= 0.6 is 0 Å². The topological polar surface area (TPSA) is 307 Å². The molecule has 0 aromatic heterocycles. The molecular weight excluding hydrogens is 1230 g/mol. The van der Waals surface area contributed by atoms with E-state index in [2.05, 4.69) is 67.8 Å². The number of nitrogens with one attached hydrogen (secondary N) is 1. The first-order valence-electron chi connectivity index (χ1n) is 38.5. The predicted octanol–water partition coefficient (Wildman–Crippen LogP) is 11.9. The molecule has 17 unspecified atom stereocenters. The molecule has 3 heterocycles. The van der Waals surface area contributed by atoms with Crippen LogP contribution in [-0.2, 0) is 33.2 Å². The predicted molar refractivity (Wildman–Crippen MR) is 379 cm³/mol. The van der Waals surface area contributed by atoms with E-state index in [0.29, 0.717) is 12.8 Å². The zero-order valence-corrected chi connectivity index (χ0v) is 59.6. The van der Waals surface area contributed by atoms with Crippen molar-refractivity contribution >= 4 is 5.91 Å². The maximum absolute atomic E-state index is 13.4. The number of amides is 1. The molecule has 0 bridgehead atoms. The summed E-state index contributed by atoms with van der Waals surface area (Å²) in [7, 11) is 0. The molecule has 12 N–H and O–H groups in total. The van der Waals surface area contributed by atoms with Crippen molar-refractivity contribution in [1.82, 2.24) is 5.32 Å². The molecule has 1 amide bonds. The summed E-state index contributed by atoms with van der Waals surface area (Å²) < 4.78 is 34.4. The van der Waals surface area contributed by atoms with Gasteiger partial charge in [0.25, 0.3) is 0 Å². The summed E-state index contributed by atoms with van der Waals surface area (Å²) in [5.74, 6) is -0.286. The van der Waals surface area contributed by atoms with Crippen LogP contribution in [0.2, 0.25) is 0 Å². The lowest BCUT2D eigenvalue weighted by Gasteiger charge is -2.48. The third kappa shape index (κ3) is 38.5. The summed E-state index contributed by atoms with van der Waals surface area (Å²) >= 11 is 0. The molecule has 0 aliphatic carbocycles. The van der Waals surface area contributed by atoms with Crippen molar-refractivity contribution < 1.29 is 89.4 Å². The highest BCUT2D eigenvalue weighted by Crippen LogP contribution is 2.33. The molecule has 3 aliphatic rings. The number of aliphatic hydroxyl groups excluding tert-OH is 11. The second-order valence-electron chi connectivity index (χ2n) is 27.4. The van der Waals surface area contributed by atoms with Crippen LogP contribution in [-0.4, -0.2) is 193 Å². The maximum atomic E-state index is 13.4. The summed E-state index contributed by atoms with van der Waals surface area (Å²) in [6, 6.07) is -0.997. The maximum Gasteiger partial charge on any atom is 0.220 e. The Morgan fingerprint density at radius 3 is 1.10 bits per heavy atom. The molecule has 0 spiro atoms. The molecule has 19 heteroatoms. The van der Waals surface area contributed by atoms with Crippen molar-refractivity contribution in [3.8, 4) is 0 Å². The Morgan fingerprint density at radius 1 is 0.375 bits per heavy atom. The van der Waals surface area contributed by atoms with Crippen LogP contribution in [0.25, 0.3) is 0 Å². The zero-order valence-electron chi connectivity index (χ0n) is 59.6. The van der Waals surface area contributed by atoms with Gasteiger partial charge in [0.15, 0.2) is 18.9 Å². The molecule has 0 radical (unpaired) electrons. The van der Waals surface area contributed by atoms with Gasteiger partial charge < -0.3 is 89.9 Å². The Balaban J connectivity index is 1.37. The quantitative estimate of drug-likeness (QED) is 0.0199. The Morgan fingerprint density at radius 2 is 0.698 bits per heavy atom. The van der Waals surface area contributed by atoms with Gasteiger partial charge in [-0.15, -0.1) is 0 Å². The van der Waals surface area contributed by atoms with E-state index in [-0.39, 0.29) is 18.9 Å². The molecule has 0 saturated carbocycles. The monoisotopic (exact) mass is 1370 g/mol. The van der Waals surface area contributed by atoms with E-state index in [1.807, 2.05) is 6.08 Å². The van der Waals surface area contributed by atoms with Crippen LogP contribution in [0.1, 0.15) is 290 Å². The number of rotatable bonds is 60. The lowest BCUT2D eigenvalue weighted by Crippen LogP contribution is -2.66. The van der Waals surface area contributed by atoms with Crippen molar-refractivity contribution in [2.75, 3.05) is 26.4 Å². The number of hydrogen-bond donors (Lipinski definition) is 12. The Hall–Kier alpha value is -2.51. The summed E-state index contributed by atoms with van der Waals surface area (Å²) in [5.41, 5.74) is 0. The first-order valence-corrected chi connectivity index (χ1v) is 38.5. The van der Waals surface area contributed by atoms with E-state index >= 15 is 0 Å². The van der Waals surface area contributed by atoms with Crippen molar-refractivity contribution in [3.05, 3.63) is 60.8 Å². The van der Waals surface area contributed by atoms with Crippen molar-refractivity contribution in [3.63, 3.8) is 0 Å². The van der Waals surface area contributed by atoms with Crippen molar-refractivity contribution in [1.29, 1.82) is 0 Å². The lowest BCUT2D eigenvalue weighted by molar-refractivity contribution is -0.379. The zero-order chi connectivity index (χ0) is 69.6. The van der Waals surface area contributed by atoms with Crippen LogP contribution in [0.15, 0.2) is 60.8 Å². The second kappa shape index (κ2) is 58.0. The summed E-state index contributed by atoms with van der Waals surface area (Å²) in [5, 5.41) is 121. The fourth-order valence-electron chi connectivity index (χ4n) is 12.8.